The Bertz CT molecular complexity index is 3000. The number of hydrogen-bond donors (Lipinski definition) is 0. The molecular formula is C52H38N2O2. The monoisotopic (exact) mass is 722 g/mol. The van der Waals surface area contributed by atoms with Gasteiger partial charge in [-0.1, -0.05) is 109 Å². The Balaban J connectivity index is 1.21. The van der Waals surface area contributed by atoms with Gasteiger partial charge in [-0.3, -0.25) is 0 Å². The molecule has 0 spiro atoms. The Morgan fingerprint density at radius 1 is 0.357 bits per heavy atom. The molecule has 0 atom stereocenters. The zero-order valence-electron chi connectivity index (χ0n) is 31.2. The SMILES string of the molecule is COc1cccc(-c2c3ccccc3c(-c3cccc(OC)c3)c3cc(N(c4ccccc4)c4ccc(-n5c6ccccc6c6ccccc65)cc4)ccc23)c1. The van der Waals surface area contributed by atoms with E-state index in [2.05, 4.69) is 191 Å². The van der Waals surface area contributed by atoms with Crippen LogP contribution in [0.3, 0.4) is 0 Å². The number of fused-ring (bicyclic) bond motifs is 5. The maximum Gasteiger partial charge on any atom is 0.119 e. The van der Waals surface area contributed by atoms with Crippen molar-refractivity contribution in [3.63, 3.8) is 0 Å². The number of anilines is 3. The van der Waals surface area contributed by atoms with E-state index in [0.29, 0.717) is 0 Å². The van der Waals surface area contributed by atoms with Crippen LogP contribution in [0.1, 0.15) is 0 Å². The summed E-state index contributed by atoms with van der Waals surface area (Å²) in [7, 11) is 3.45. The average molecular weight is 723 g/mol. The molecule has 10 rings (SSSR count). The highest BCUT2D eigenvalue weighted by atomic mass is 16.5. The van der Waals surface area contributed by atoms with Gasteiger partial charge in [-0.15, -0.1) is 0 Å². The molecule has 0 aliphatic rings. The number of benzene rings is 9. The molecule has 0 amide bonds. The fourth-order valence-corrected chi connectivity index (χ4v) is 8.46. The lowest BCUT2D eigenvalue weighted by Crippen LogP contribution is -2.10. The summed E-state index contributed by atoms with van der Waals surface area (Å²) in [5.74, 6) is 1.65. The van der Waals surface area contributed by atoms with Crippen LogP contribution in [0, 0.1) is 0 Å². The predicted octanol–water partition coefficient (Wildman–Crippen LogP) is 13.9. The molecule has 10 aromatic rings. The van der Waals surface area contributed by atoms with Gasteiger partial charge in [0.2, 0.25) is 0 Å². The lowest BCUT2D eigenvalue weighted by molar-refractivity contribution is 0.415. The van der Waals surface area contributed by atoms with Crippen molar-refractivity contribution in [2.24, 2.45) is 0 Å². The van der Waals surface area contributed by atoms with Gasteiger partial charge in [0, 0.05) is 33.5 Å². The highest BCUT2D eigenvalue weighted by Crippen LogP contribution is 2.47. The van der Waals surface area contributed by atoms with E-state index in [0.717, 1.165) is 61.7 Å². The molecule has 0 N–H and O–H groups in total. The zero-order valence-corrected chi connectivity index (χ0v) is 31.2. The van der Waals surface area contributed by atoms with E-state index in [-0.39, 0.29) is 0 Å². The molecule has 0 aliphatic heterocycles. The van der Waals surface area contributed by atoms with Crippen LogP contribution >= 0.6 is 0 Å². The molecule has 0 fully saturated rings. The first-order valence-electron chi connectivity index (χ1n) is 18.9. The van der Waals surface area contributed by atoms with E-state index in [4.69, 9.17) is 9.47 Å². The maximum absolute atomic E-state index is 5.76. The van der Waals surface area contributed by atoms with Gasteiger partial charge >= 0.3 is 0 Å². The van der Waals surface area contributed by atoms with E-state index in [1.807, 2.05) is 12.1 Å². The first-order valence-corrected chi connectivity index (χ1v) is 18.9. The first-order chi connectivity index (χ1) is 27.7. The van der Waals surface area contributed by atoms with Crippen molar-refractivity contribution in [1.82, 2.24) is 4.57 Å². The third-order valence-corrected chi connectivity index (χ3v) is 10.9. The van der Waals surface area contributed by atoms with E-state index in [9.17, 15) is 0 Å². The van der Waals surface area contributed by atoms with Crippen molar-refractivity contribution in [2.45, 2.75) is 0 Å². The van der Waals surface area contributed by atoms with Crippen molar-refractivity contribution >= 4 is 60.4 Å². The fourth-order valence-electron chi connectivity index (χ4n) is 8.46. The highest BCUT2D eigenvalue weighted by molar-refractivity contribution is 6.22. The van der Waals surface area contributed by atoms with Gasteiger partial charge in [-0.25, -0.2) is 0 Å². The van der Waals surface area contributed by atoms with Crippen molar-refractivity contribution in [1.29, 1.82) is 0 Å². The molecule has 0 bridgehead atoms. The Labute approximate surface area is 326 Å². The topological polar surface area (TPSA) is 26.6 Å². The Kier molecular flexibility index (Phi) is 8.23. The fraction of sp³-hybridized carbons (Fsp3) is 0.0385. The number of aromatic nitrogens is 1. The van der Waals surface area contributed by atoms with Gasteiger partial charge < -0.3 is 18.9 Å². The normalized spacial score (nSPS) is 11.4. The largest absolute Gasteiger partial charge is 0.497 e. The van der Waals surface area contributed by atoms with Crippen LogP contribution < -0.4 is 14.4 Å². The molecule has 0 radical (unpaired) electrons. The van der Waals surface area contributed by atoms with E-state index in [1.165, 1.54) is 38.1 Å². The number of ether oxygens (including phenoxy) is 2. The predicted molar refractivity (Wildman–Crippen MR) is 234 cm³/mol. The molecule has 0 unspecified atom stereocenters. The number of para-hydroxylation sites is 3. The molecule has 0 saturated heterocycles. The molecule has 0 saturated carbocycles. The van der Waals surface area contributed by atoms with Gasteiger partial charge in [0.25, 0.3) is 0 Å². The minimum Gasteiger partial charge on any atom is -0.497 e. The summed E-state index contributed by atoms with van der Waals surface area (Å²) in [6, 6.07) is 69.3. The third kappa shape index (κ3) is 5.54. The molecule has 1 heterocycles. The summed E-state index contributed by atoms with van der Waals surface area (Å²) in [6.07, 6.45) is 0. The molecule has 56 heavy (non-hydrogen) atoms. The van der Waals surface area contributed by atoms with Gasteiger partial charge in [-0.05, 0) is 129 Å². The summed E-state index contributed by atoms with van der Waals surface area (Å²) in [5, 5.41) is 7.16. The van der Waals surface area contributed by atoms with Gasteiger partial charge in [-0.2, -0.15) is 0 Å². The van der Waals surface area contributed by atoms with Crippen LogP contribution in [0.2, 0.25) is 0 Å². The van der Waals surface area contributed by atoms with Crippen molar-refractivity contribution in [2.75, 3.05) is 19.1 Å². The van der Waals surface area contributed by atoms with Gasteiger partial charge in [0.15, 0.2) is 0 Å². The van der Waals surface area contributed by atoms with E-state index >= 15 is 0 Å². The molecular weight excluding hydrogens is 685 g/mol. The minimum atomic E-state index is 0.821. The number of methoxy groups -OCH3 is 2. The minimum absolute atomic E-state index is 0.821. The summed E-state index contributed by atoms with van der Waals surface area (Å²) in [5.41, 5.74) is 11.3. The van der Waals surface area contributed by atoms with Crippen molar-refractivity contribution in [3.05, 3.63) is 194 Å². The quantitative estimate of drug-likeness (QED) is 0.146. The molecule has 4 heteroatoms. The smallest absolute Gasteiger partial charge is 0.119 e. The summed E-state index contributed by atoms with van der Waals surface area (Å²) < 4.78 is 13.8. The summed E-state index contributed by atoms with van der Waals surface area (Å²) >= 11 is 0. The number of rotatable bonds is 8. The molecule has 0 aliphatic carbocycles. The van der Waals surface area contributed by atoms with Crippen LogP contribution in [0.15, 0.2) is 194 Å². The Morgan fingerprint density at radius 2 is 0.821 bits per heavy atom. The van der Waals surface area contributed by atoms with Crippen LogP contribution in [-0.2, 0) is 0 Å². The Hall–Kier alpha value is -7.30. The molecule has 9 aromatic carbocycles. The Morgan fingerprint density at radius 3 is 1.39 bits per heavy atom. The second-order valence-electron chi connectivity index (χ2n) is 14.0. The van der Waals surface area contributed by atoms with Gasteiger partial charge in [0.05, 0.1) is 25.3 Å². The highest BCUT2D eigenvalue weighted by Gasteiger charge is 2.21. The third-order valence-electron chi connectivity index (χ3n) is 10.9. The summed E-state index contributed by atoms with van der Waals surface area (Å²) in [4.78, 5) is 2.35. The number of nitrogens with zero attached hydrogens (tertiary/aromatic N) is 2. The zero-order chi connectivity index (χ0) is 37.6. The number of hydrogen-bond acceptors (Lipinski definition) is 3. The lowest BCUT2D eigenvalue weighted by atomic mass is 9.85. The van der Waals surface area contributed by atoms with Crippen LogP contribution in [0.5, 0.6) is 11.5 Å². The van der Waals surface area contributed by atoms with Crippen molar-refractivity contribution in [3.8, 4) is 39.4 Å². The standard InChI is InChI=1S/C52H38N2O2/c1-55-41-18-12-14-35(32-41)51-45-22-6-7-23-46(45)52(36-15-13-19-42(33-36)56-2)48-34-40(30-31-47(48)51)53(37-16-4-3-5-17-37)38-26-28-39(29-27-38)54-49-24-10-8-20-43(49)44-21-9-11-25-50(44)54/h3-34H,1-2H3. The van der Waals surface area contributed by atoms with E-state index in [1.54, 1.807) is 14.2 Å². The maximum atomic E-state index is 5.76. The second-order valence-corrected chi connectivity index (χ2v) is 14.0. The molecule has 4 nitrogen and oxygen atoms in total. The lowest BCUT2D eigenvalue weighted by Gasteiger charge is -2.27. The molecule has 1 aromatic heterocycles. The molecule has 268 valence electrons. The van der Waals surface area contributed by atoms with Gasteiger partial charge in [0.1, 0.15) is 11.5 Å². The average Bonchev–Trinajstić information content (AvgIpc) is 3.60. The van der Waals surface area contributed by atoms with Crippen molar-refractivity contribution < 1.29 is 9.47 Å². The van der Waals surface area contributed by atoms with Crippen LogP contribution in [0.4, 0.5) is 17.1 Å². The van der Waals surface area contributed by atoms with Crippen LogP contribution in [0.25, 0.3) is 71.3 Å². The summed E-state index contributed by atoms with van der Waals surface area (Å²) in [6.45, 7) is 0. The first kappa shape index (κ1) is 33.3. The van der Waals surface area contributed by atoms with E-state index < -0.39 is 0 Å². The van der Waals surface area contributed by atoms with Crippen LogP contribution in [-0.4, -0.2) is 18.8 Å². The second kappa shape index (κ2) is 13.8.